The van der Waals surface area contributed by atoms with Gasteiger partial charge in [0.1, 0.15) is 0 Å². The Morgan fingerprint density at radius 1 is 1.09 bits per heavy atom. The average Bonchev–Trinajstić information content (AvgIpc) is 2.52. The summed E-state index contributed by atoms with van der Waals surface area (Å²) in [5.74, 6) is 0.332. The van der Waals surface area contributed by atoms with Crippen molar-refractivity contribution in [1.82, 2.24) is 16.2 Å². The molecule has 6 nitrogen and oxygen atoms in total. The minimum atomic E-state index is -0.229. The van der Waals surface area contributed by atoms with Crippen molar-refractivity contribution in [3.63, 3.8) is 0 Å². The lowest BCUT2D eigenvalue weighted by Crippen LogP contribution is -2.48. The maximum absolute atomic E-state index is 11.8. The van der Waals surface area contributed by atoms with E-state index in [0.717, 1.165) is 6.42 Å². The normalized spacial score (nSPS) is 15.1. The van der Waals surface area contributed by atoms with E-state index in [1.165, 1.54) is 32.1 Å². The number of carbonyl (C=O) groups excluding carboxylic acids is 2. The minimum absolute atomic E-state index is 0.105. The van der Waals surface area contributed by atoms with E-state index in [2.05, 4.69) is 16.2 Å². The molecule has 0 aromatic rings. The second-order valence-electron chi connectivity index (χ2n) is 5.54. The van der Waals surface area contributed by atoms with Crippen molar-refractivity contribution in [2.75, 3.05) is 13.2 Å². The van der Waals surface area contributed by atoms with Gasteiger partial charge in [-0.2, -0.15) is 0 Å². The zero-order chi connectivity index (χ0) is 16.2. The van der Waals surface area contributed by atoms with Crippen LogP contribution in [0.15, 0.2) is 0 Å². The first-order chi connectivity index (χ1) is 10.6. The van der Waals surface area contributed by atoms with E-state index in [4.69, 9.17) is 17.0 Å². The van der Waals surface area contributed by atoms with Crippen LogP contribution in [-0.2, 0) is 14.3 Å². The fraction of sp³-hybridized carbons (Fsp3) is 0.800. The van der Waals surface area contributed by atoms with Gasteiger partial charge in [-0.25, -0.2) is 0 Å². The summed E-state index contributed by atoms with van der Waals surface area (Å²) in [6.07, 6.45) is 7.97. The van der Waals surface area contributed by atoms with Crippen molar-refractivity contribution >= 4 is 29.1 Å². The largest absolute Gasteiger partial charge is 0.381 e. The summed E-state index contributed by atoms with van der Waals surface area (Å²) >= 11 is 4.97. The number of hydrazine groups is 1. The second kappa shape index (κ2) is 11.4. The third-order valence-electron chi connectivity index (χ3n) is 3.75. The van der Waals surface area contributed by atoms with Gasteiger partial charge in [0, 0.05) is 13.0 Å². The van der Waals surface area contributed by atoms with E-state index in [-0.39, 0.29) is 23.3 Å². The summed E-state index contributed by atoms with van der Waals surface area (Å²) in [5.41, 5.74) is 4.95. The average molecular weight is 329 g/mol. The van der Waals surface area contributed by atoms with Crippen LogP contribution in [0.1, 0.15) is 58.3 Å². The Labute approximate surface area is 137 Å². The SMILES string of the molecule is CCOCCC(=O)NNC(=S)NC(=O)CCC1CCCCC1. The third-order valence-corrected chi connectivity index (χ3v) is 3.95. The van der Waals surface area contributed by atoms with Crippen molar-refractivity contribution in [3.8, 4) is 0 Å². The van der Waals surface area contributed by atoms with Crippen molar-refractivity contribution in [3.05, 3.63) is 0 Å². The molecule has 22 heavy (non-hydrogen) atoms. The molecule has 0 heterocycles. The van der Waals surface area contributed by atoms with Crippen LogP contribution in [-0.4, -0.2) is 30.1 Å². The molecule has 0 saturated heterocycles. The first-order valence-electron chi connectivity index (χ1n) is 8.08. The maximum Gasteiger partial charge on any atom is 0.240 e. The summed E-state index contributed by atoms with van der Waals surface area (Å²) in [4.78, 5) is 23.2. The molecule has 1 aliphatic carbocycles. The molecule has 126 valence electrons. The molecule has 1 fully saturated rings. The van der Waals surface area contributed by atoms with Crippen molar-refractivity contribution in [2.24, 2.45) is 5.92 Å². The molecule has 0 spiro atoms. The summed E-state index contributed by atoms with van der Waals surface area (Å²) < 4.78 is 5.07. The molecule has 0 aromatic heterocycles. The van der Waals surface area contributed by atoms with Crippen LogP contribution in [0, 0.1) is 5.92 Å². The quantitative estimate of drug-likeness (QED) is 0.377. The van der Waals surface area contributed by atoms with Gasteiger partial charge in [0.25, 0.3) is 0 Å². The highest BCUT2D eigenvalue weighted by molar-refractivity contribution is 7.80. The van der Waals surface area contributed by atoms with E-state index in [9.17, 15) is 9.59 Å². The number of hydrogen-bond donors (Lipinski definition) is 3. The van der Waals surface area contributed by atoms with Gasteiger partial charge in [0.05, 0.1) is 13.0 Å². The maximum atomic E-state index is 11.8. The van der Waals surface area contributed by atoms with Crippen molar-refractivity contribution in [2.45, 2.75) is 58.3 Å². The lowest BCUT2D eigenvalue weighted by molar-refractivity contribution is -0.123. The van der Waals surface area contributed by atoms with Crippen molar-refractivity contribution in [1.29, 1.82) is 0 Å². The minimum Gasteiger partial charge on any atom is -0.381 e. The number of carbonyl (C=O) groups is 2. The standard InChI is InChI=1S/C15H27N3O3S/c1-2-21-11-10-14(20)17-18-15(22)16-13(19)9-8-12-6-4-3-5-7-12/h12H,2-11H2,1H3,(H,17,20)(H2,16,18,19,22). The van der Waals surface area contributed by atoms with Crippen LogP contribution in [0.25, 0.3) is 0 Å². The van der Waals surface area contributed by atoms with Gasteiger partial charge in [-0.15, -0.1) is 0 Å². The number of nitrogens with one attached hydrogen (secondary N) is 3. The predicted molar refractivity (Wildman–Crippen MR) is 88.9 cm³/mol. The third kappa shape index (κ3) is 8.94. The molecule has 0 bridgehead atoms. The van der Waals surface area contributed by atoms with Gasteiger partial charge in [-0.3, -0.25) is 20.4 Å². The van der Waals surface area contributed by atoms with Crippen LogP contribution in [0.2, 0.25) is 0 Å². The number of rotatable bonds is 7. The van der Waals surface area contributed by atoms with Gasteiger partial charge >= 0.3 is 0 Å². The Bertz CT molecular complexity index is 371. The molecule has 0 atom stereocenters. The Morgan fingerprint density at radius 3 is 2.50 bits per heavy atom. The van der Waals surface area contributed by atoms with Gasteiger partial charge in [-0.1, -0.05) is 32.1 Å². The predicted octanol–water partition coefficient (Wildman–Crippen LogP) is 1.80. The molecule has 3 N–H and O–H groups in total. The monoisotopic (exact) mass is 329 g/mol. The number of thiocarbonyl (C=S) groups is 1. The zero-order valence-electron chi connectivity index (χ0n) is 13.3. The van der Waals surface area contributed by atoms with E-state index < -0.39 is 0 Å². The van der Waals surface area contributed by atoms with Crippen molar-refractivity contribution < 1.29 is 14.3 Å². The Morgan fingerprint density at radius 2 is 1.82 bits per heavy atom. The summed E-state index contributed by atoms with van der Waals surface area (Å²) in [7, 11) is 0. The number of amides is 2. The molecule has 0 aliphatic heterocycles. The van der Waals surface area contributed by atoms with Crippen LogP contribution in [0.4, 0.5) is 0 Å². The molecule has 7 heteroatoms. The molecular formula is C15H27N3O3S. The topological polar surface area (TPSA) is 79.5 Å². The molecule has 2 amide bonds. The zero-order valence-corrected chi connectivity index (χ0v) is 14.1. The number of ether oxygens (including phenoxy) is 1. The van der Waals surface area contributed by atoms with E-state index in [0.29, 0.717) is 25.6 Å². The van der Waals surface area contributed by atoms with E-state index in [1.54, 1.807) is 0 Å². The van der Waals surface area contributed by atoms with Crippen LogP contribution in [0.3, 0.4) is 0 Å². The smallest absolute Gasteiger partial charge is 0.240 e. The van der Waals surface area contributed by atoms with Crippen LogP contribution in [0.5, 0.6) is 0 Å². The highest BCUT2D eigenvalue weighted by atomic mass is 32.1. The lowest BCUT2D eigenvalue weighted by atomic mass is 9.86. The highest BCUT2D eigenvalue weighted by Gasteiger charge is 2.15. The molecule has 1 saturated carbocycles. The fourth-order valence-corrected chi connectivity index (χ4v) is 2.69. The molecular weight excluding hydrogens is 302 g/mol. The molecule has 0 aromatic carbocycles. The highest BCUT2D eigenvalue weighted by Crippen LogP contribution is 2.27. The lowest BCUT2D eigenvalue weighted by Gasteiger charge is -2.21. The fourth-order valence-electron chi connectivity index (χ4n) is 2.53. The van der Waals surface area contributed by atoms with Gasteiger partial charge in [0.2, 0.25) is 11.8 Å². The summed E-state index contributed by atoms with van der Waals surface area (Å²) in [6, 6.07) is 0. The Kier molecular flexibility index (Phi) is 9.74. The second-order valence-corrected chi connectivity index (χ2v) is 5.95. The first kappa shape index (κ1) is 18.8. The molecule has 1 aliphatic rings. The molecule has 0 unspecified atom stereocenters. The van der Waals surface area contributed by atoms with Gasteiger partial charge < -0.3 is 10.1 Å². The van der Waals surface area contributed by atoms with E-state index in [1.807, 2.05) is 6.92 Å². The van der Waals surface area contributed by atoms with E-state index >= 15 is 0 Å². The van der Waals surface area contributed by atoms with Crippen LogP contribution >= 0.6 is 12.2 Å². The number of hydrogen-bond acceptors (Lipinski definition) is 4. The molecule has 0 radical (unpaired) electrons. The van der Waals surface area contributed by atoms with Crippen LogP contribution < -0.4 is 16.2 Å². The van der Waals surface area contributed by atoms with Gasteiger partial charge in [0.15, 0.2) is 5.11 Å². The Balaban J connectivity index is 2.07. The summed E-state index contributed by atoms with van der Waals surface area (Å²) in [5, 5.41) is 2.70. The molecule has 1 rings (SSSR count). The first-order valence-corrected chi connectivity index (χ1v) is 8.49. The van der Waals surface area contributed by atoms with Gasteiger partial charge in [-0.05, 0) is 31.5 Å². The Hall–Kier alpha value is -1.21. The summed E-state index contributed by atoms with van der Waals surface area (Å²) in [6.45, 7) is 2.81.